The Balaban J connectivity index is 1.95. The number of hydrogen-bond acceptors (Lipinski definition) is 13. The monoisotopic (exact) mass is 671 g/mol. The summed E-state index contributed by atoms with van der Waals surface area (Å²) in [5.74, 6) is -1.65. The van der Waals surface area contributed by atoms with E-state index in [-0.39, 0.29) is 12.8 Å². The number of carboxylic acid groups (broad SMARTS) is 2. The molecule has 0 saturated carbocycles. The number of likely N-dealkylation sites (N-methyl/N-ethyl adjacent to an activating group) is 2. The molecule has 0 aliphatic heterocycles. The number of hydrogen-bond donors (Lipinski definition) is 2. The molecule has 0 fully saturated rings. The number of ether oxygens (including phenoxy) is 3. The summed E-state index contributed by atoms with van der Waals surface area (Å²) in [6.07, 6.45) is 0.181. The topological polar surface area (TPSA) is 184 Å². The van der Waals surface area contributed by atoms with Gasteiger partial charge >= 0.3 is 11.9 Å². The smallest absolute Gasteiger partial charge is 0.304 e. The molecule has 0 spiro atoms. The third-order valence-corrected chi connectivity index (χ3v) is 8.25. The fraction of sp³-hybridized carbons (Fsp3) is 0.562. The van der Waals surface area contributed by atoms with Gasteiger partial charge in [0.2, 0.25) is 0 Å². The van der Waals surface area contributed by atoms with E-state index in [1.807, 2.05) is 49.0 Å². The van der Waals surface area contributed by atoms with Crippen LogP contribution in [0.3, 0.4) is 0 Å². The van der Waals surface area contributed by atoms with Crippen LogP contribution in [0.2, 0.25) is 0 Å². The zero-order chi connectivity index (χ0) is 34.6. The van der Waals surface area contributed by atoms with Gasteiger partial charge < -0.3 is 39.1 Å². The SMILES string of the molecule is Cc1cc(N(CCOCCOCCN(C)CCC(=O)O)CCOCCN(C)CCC(=O)O)ccc1N=Nc1sc(C#N)c(C)c1C#N. The van der Waals surface area contributed by atoms with E-state index >= 15 is 0 Å². The first kappa shape index (κ1) is 39.2. The Morgan fingerprint density at radius 3 is 1.81 bits per heavy atom. The number of nitriles is 2. The van der Waals surface area contributed by atoms with Gasteiger partial charge in [-0.25, -0.2) is 0 Å². The lowest BCUT2D eigenvalue weighted by Crippen LogP contribution is -2.32. The fourth-order valence-corrected chi connectivity index (χ4v) is 5.11. The third kappa shape index (κ3) is 15.0. The average molecular weight is 672 g/mol. The van der Waals surface area contributed by atoms with Crippen LogP contribution >= 0.6 is 11.3 Å². The number of carbonyl (C=O) groups is 2. The van der Waals surface area contributed by atoms with Crippen molar-refractivity contribution >= 4 is 39.7 Å². The van der Waals surface area contributed by atoms with Crippen molar-refractivity contribution in [2.24, 2.45) is 10.2 Å². The molecule has 47 heavy (non-hydrogen) atoms. The molecule has 0 saturated heterocycles. The van der Waals surface area contributed by atoms with E-state index < -0.39 is 11.9 Å². The van der Waals surface area contributed by atoms with Crippen LogP contribution in [0.1, 0.15) is 34.4 Å². The maximum Gasteiger partial charge on any atom is 0.304 e. The Labute approximate surface area is 280 Å². The van der Waals surface area contributed by atoms with Crippen LogP contribution in [0.25, 0.3) is 0 Å². The van der Waals surface area contributed by atoms with Gasteiger partial charge in [0.25, 0.3) is 0 Å². The third-order valence-electron chi connectivity index (χ3n) is 7.17. The maximum absolute atomic E-state index is 10.8. The summed E-state index contributed by atoms with van der Waals surface area (Å²) in [7, 11) is 3.72. The van der Waals surface area contributed by atoms with Gasteiger partial charge in [-0.15, -0.1) is 21.6 Å². The average Bonchev–Trinajstić information content (AvgIpc) is 3.35. The normalized spacial score (nSPS) is 11.3. The van der Waals surface area contributed by atoms with E-state index in [1.165, 1.54) is 0 Å². The summed E-state index contributed by atoms with van der Waals surface area (Å²) in [4.78, 5) is 27.9. The summed E-state index contributed by atoms with van der Waals surface area (Å²) < 4.78 is 17.3. The first-order valence-corrected chi connectivity index (χ1v) is 16.1. The molecule has 1 aromatic heterocycles. The van der Waals surface area contributed by atoms with Gasteiger partial charge in [0, 0.05) is 45.0 Å². The van der Waals surface area contributed by atoms with Gasteiger partial charge in [-0.3, -0.25) is 9.59 Å². The Morgan fingerprint density at radius 1 is 0.787 bits per heavy atom. The summed E-state index contributed by atoms with van der Waals surface area (Å²) in [5.41, 5.74) is 3.44. The lowest BCUT2D eigenvalue weighted by molar-refractivity contribution is -0.138. The van der Waals surface area contributed by atoms with Crippen molar-refractivity contribution in [1.29, 1.82) is 10.5 Å². The molecule has 1 aromatic carbocycles. The molecular weight excluding hydrogens is 626 g/mol. The lowest BCUT2D eigenvalue weighted by atomic mass is 10.1. The van der Waals surface area contributed by atoms with Crippen molar-refractivity contribution in [3.63, 3.8) is 0 Å². The Hall–Kier alpha value is -3.96. The van der Waals surface area contributed by atoms with Crippen LogP contribution in [-0.2, 0) is 23.8 Å². The van der Waals surface area contributed by atoms with Crippen LogP contribution in [0, 0.1) is 36.5 Å². The largest absolute Gasteiger partial charge is 0.481 e. The molecule has 0 aliphatic carbocycles. The number of nitrogens with zero attached hydrogens (tertiary/aromatic N) is 7. The first-order chi connectivity index (χ1) is 22.5. The zero-order valence-corrected chi connectivity index (χ0v) is 28.4. The maximum atomic E-state index is 10.8. The van der Waals surface area contributed by atoms with Gasteiger partial charge in [0.1, 0.15) is 17.0 Å². The standard InChI is InChI=1S/C32H45N7O7S/c1-24-21-26(5-6-28(24)35-36-32-27(22-33)25(2)29(23-34)47-32)39(13-17-44-15-11-37(3)9-7-30(40)41)14-18-46-20-19-45-16-12-38(4)10-8-31(42)43/h5-6,21H,7-20H2,1-4H3,(H,40,41)(H,42,43). The highest BCUT2D eigenvalue weighted by molar-refractivity contribution is 7.16. The second kappa shape index (κ2) is 21.8. The van der Waals surface area contributed by atoms with Gasteiger partial charge in [0.15, 0.2) is 5.00 Å². The van der Waals surface area contributed by atoms with E-state index in [0.717, 1.165) is 22.6 Å². The minimum absolute atomic E-state index is 0.0848. The first-order valence-electron chi connectivity index (χ1n) is 15.3. The van der Waals surface area contributed by atoms with Crippen LogP contribution < -0.4 is 4.90 Å². The molecular formula is C32H45N7O7S. The van der Waals surface area contributed by atoms with E-state index in [9.17, 15) is 20.1 Å². The van der Waals surface area contributed by atoms with Crippen molar-refractivity contribution in [2.75, 3.05) is 97.9 Å². The number of thiophene rings is 1. The summed E-state index contributed by atoms with van der Waals surface area (Å²) in [6.45, 7) is 9.76. The summed E-state index contributed by atoms with van der Waals surface area (Å²) in [6, 6.07) is 10.0. The Kier molecular flexibility index (Phi) is 18.2. The number of aliphatic carboxylic acids is 2. The molecule has 0 aliphatic rings. The van der Waals surface area contributed by atoms with E-state index in [0.29, 0.717) is 106 Å². The van der Waals surface area contributed by atoms with Crippen LogP contribution in [0.4, 0.5) is 16.4 Å². The molecule has 1 heterocycles. The predicted octanol–water partition coefficient (Wildman–Crippen LogP) is 4.19. The van der Waals surface area contributed by atoms with Crippen molar-refractivity contribution in [1.82, 2.24) is 9.80 Å². The number of azo groups is 1. The quantitative estimate of drug-likeness (QED) is 0.120. The van der Waals surface area contributed by atoms with Gasteiger partial charge in [0.05, 0.1) is 63.7 Å². The summed E-state index contributed by atoms with van der Waals surface area (Å²) in [5, 5.41) is 45.5. The van der Waals surface area contributed by atoms with Crippen molar-refractivity contribution < 1.29 is 34.0 Å². The van der Waals surface area contributed by atoms with Crippen LogP contribution in [-0.4, -0.2) is 125 Å². The minimum Gasteiger partial charge on any atom is -0.481 e. The molecule has 2 aromatic rings. The van der Waals surface area contributed by atoms with E-state index in [1.54, 1.807) is 6.92 Å². The Morgan fingerprint density at radius 2 is 1.32 bits per heavy atom. The van der Waals surface area contributed by atoms with E-state index in [4.69, 9.17) is 24.4 Å². The second-order valence-electron chi connectivity index (χ2n) is 10.8. The lowest BCUT2D eigenvalue weighted by Gasteiger charge is -2.26. The highest BCUT2D eigenvalue weighted by Crippen LogP contribution is 2.36. The minimum atomic E-state index is -0.827. The fourth-order valence-electron chi connectivity index (χ4n) is 4.24. The van der Waals surface area contributed by atoms with E-state index in [2.05, 4.69) is 27.3 Å². The summed E-state index contributed by atoms with van der Waals surface area (Å²) >= 11 is 1.14. The number of rotatable bonds is 24. The molecule has 0 radical (unpaired) electrons. The van der Waals surface area contributed by atoms with Crippen molar-refractivity contribution in [3.05, 3.63) is 39.8 Å². The molecule has 0 unspecified atom stereocenters. The number of carboxylic acids is 2. The van der Waals surface area contributed by atoms with Gasteiger partial charge in [-0.1, -0.05) is 0 Å². The molecule has 0 atom stereocenters. The van der Waals surface area contributed by atoms with Gasteiger partial charge in [-0.05, 0) is 57.3 Å². The number of aryl methyl sites for hydroxylation is 1. The van der Waals surface area contributed by atoms with Crippen molar-refractivity contribution in [3.8, 4) is 12.1 Å². The molecule has 15 heteroatoms. The molecule has 256 valence electrons. The Bertz CT molecular complexity index is 1400. The predicted molar refractivity (Wildman–Crippen MR) is 178 cm³/mol. The van der Waals surface area contributed by atoms with Crippen LogP contribution in [0.15, 0.2) is 28.4 Å². The molecule has 2 N–H and O–H groups in total. The van der Waals surface area contributed by atoms with Crippen molar-refractivity contribution in [2.45, 2.75) is 26.7 Å². The second-order valence-corrected chi connectivity index (χ2v) is 11.8. The highest BCUT2D eigenvalue weighted by Gasteiger charge is 2.15. The van der Waals surface area contributed by atoms with Gasteiger partial charge in [-0.2, -0.15) is 10.5 Å². The molecule has 2 rings (SSSR count). The number of benzene rings is 1. The zero-order valence-electron chi connectivity index (χ0n) is 27.6. The highest BCUT2D eigenvalue weighted by atomic mass is 32.1. The number of anilines is 1. The molecule has 0 bridgehead atoms. The molecule has 0 amide bonds. The molecule has 14 nitrogen and oxygen atoms in total. The van der Waals surface area contributed by atoms with Crippen LogP contribution in [0.5, 0.6) is 0 Å².